The van der Waals surface area contributed by atoms with Crippen LogP contribution in [0.15, 0.2) is 46.6 Å². The summed E-state index contributed by atoms with van der Waals surface area (Å²) >= 11 is 11.9. The SMILES string of the molecule is CC(NC(=O)c1cc(Cl)cc(S(C)(=O)=O)c1)c1nc(S(C)=O)nn1-c1ccc(Cl)cn1. The van der Waals surface area contributed by atoms with Crippen molar-refractivity contribution in [2.24, 2.45) is 0 Å². The van der Waals surface area contributed by atoms with E-state index in [-0.39, 0.29) is 26.5 Å². The maximum absolute atomic E-state index is 12.8. The highest BCUT2D eigenvalue weighted by Gasteiger charge is 2.23. The van der Waals surface area contributed by atoms with Crippen LogP contribution >= 0.6 is 23.2 Å². The van der Waals surface area contributed by atoms with E-state index in [9.17, 15) is 17.4 Å². The highest BCUT2D eigenvalue weighted by Crippen LogP contribution is 2.21. The lowest BCUT2D eigenvalue weighted by molar-refractivity contribution is 0.0937. The number of amides is 1. The van der Waals surface area contributed by atoms with E-state index in [1.807, 2.05) is 0 Å². The highest BCUT2D eigenvalue weighted by molar-refractivity contribution is 7.90. The van der Waals surface area contributed by atoms with Gasteiger partial charge in [0.05, 0.1) is 26.8 Å². The zero-order valence-electron chi connectivity index (χ0n) is 16.5. The molecule has 31 heavy (non-hydrogen) atoms. The van der Waals surface area contributed by atoms with Crippen molar-refractivity contribution in [1.82, 2.24) is 25.1 Å². The number of rotatable bonds is 6. The van der Waals surface area contributed by atoms with Crippen molar-refractivity contribution in [2.45, 2.75) is 23.0 Å². The number of benzene rings is 1. The minimum Gasteiger partial charge on any atom is -0.342 e. The number of pyridine rings is 1. The Kier molecular flexibility index (Phi) is 6.79. The molecule has 0 saturated carbocycles. The zero-order chi connectivity index (χ0) is 22.9. The quantitative estimate of drug-likeness (QED) is 0.550. The van der Waals surface area contributed by atoms with E-state index in [0.717, 1.165) is 6.26 Å². The molecule has 0 aliphatic carbocycles. The van der Waals surface area contributed by atoms with Crippen LogP contribution in [0.5, 0.6) is 0 Å². The van der Waals surface area contributed by atoms with Gasteiger partial charge in [-0.2, -0.15) is 4.68 Å². The molecular formula is C18H17Cl2N5O4S2. The summed E-state index contributed by atoms with van der Waals surface area (Å²) in [5, 5.41) is 7.54. The molecule has 13 heteroatoms. The Balaban J connectivity index is 1.96. The Bertz CT molecular complexity index is 1280. The second kappa shape index (κ2) is 9.03. The predicted octanol–water partition coefficient (Wildman–Crippen LogP) is 2.60. The number of sulfone groups is 1. The second-order valence-corrected chi connectivity index (χ2v) is 10.8. The van der Waals surface area contributed by atoms with Crippen LogP contribution in [0.2, 0.25) is 10.0 Å². The molecule has 0 bridgehead atoms. The number of hydrogen-bond donors (Lipinski definition) is 1. The lowest BCUT2D eigenvalue weighted by atomic mass is 10.2. The monoisotopic (exact) mass is 501 g/mol. The Morgan fingerprint density at radius 2 is 1.90 bits per heavy atom. The normalized spacial score (nSPS) is 13.6. The molecule has 0 saturated heterocycles. The minimum atomic E-state index is -3.56. The minimum absolute atomic E-state index is 0.0646. The molecule has 2 atom stereocenters. The van der Waals surface area contributed by atoms with Gasteiger partial charge in [-0.05, 0) is 37.3 Å². The second-order valence-electron chi connectivity index (χ2n) is 6.60. The first-order chi connectivity index (χ1) is 14.5. The van der Waals surface area contributed by atoms with Gasteiger partial charge in [-0.3, -0.25) is 9.00 Å². The highest BCUT2D eigenvalue weighted by atomic mass is 35.5. The summed E-state index contributed by atoms with van der Waals surface area (Å²) < 4.78 is 36.9. The summed E-state index contributed by atoms with van der Waals surface area (Å²) in [6.07, 6.45) is 3.88. The molecular weight excluding hydrogens is 485 g/mol. The largest absolute Gasteiger partial charge is 0.342 e. The van der Waals surface area contributed by atoms with Gasteiger partial charge in [0.1, 0.15) is 0 Å². The first kappa shape index (κ1) is 23.3. The van der Waals surface area contributed by atoms with E-state index in [0.29, 0.717) is 10.8 Å². The molecule has 1 amide bonds. The number of carbonyl (C=O) groups excluding carboxylic acids is 1. The van der Waals surface area contributed by atoms with Crippen molar-refractivity contribution in [2.75, 3.05) is 12.5 Å². The van der Waals surface area contributed by atoms with Gasteiger partial charge < -0.3 is 5.32 Å². The molecule has 164 valence electrons. The van der Waals surface area contributed by atoms with Gasteiger partial charge in [-0.15, -0.1) is 5.10 Å². The molecule has 1 aromatic carbocycles. The fourth-order valence-electron chi connectivity index (χ4n) is 2.62. The maximum Gasteiger partial charge on any atom is 0.251 e. The third kappa shape index (κ3) is 5.48. The average molecular weight is 502 g/mol. The molecule has 0 radical (unpaired) electrons. The van der Waals surface area contributed by atoms with Gasteiger partial charge in [-0.25, -0.2) is 18.4 Å². The van der Waals surface area contributed by atoms with Gasteiger partial charge in [0, 0.05) is 29.3 Å². The van der Waals surface area contributed by atoms with Crippen LogP contribution in [-0.2, 0) is 20.6 Å². The fourth-order valence-corrected chi connectivity index (χ4v) is 4.13. The Labute approximate surface area is 191 Å². The topological polar surface area (TPSA) is 124 Å². The van der Waals surface area contributed by atoms with E-state index >= 15 is 0 Å². The summed E-state index contributed by atoms with van der Waals surface area (Å²) in [7, 11) is -5.03. The van der Waals surface area contributed by atoms with E-state index in [4.69, 9.17) is 23.2 Å². The zero-order valence-corrected chi connectivity index (χ0v) is 19.7. The summed E-state index contributed by atoms with van der Waals surface area (Å²) in [4.78, 5) is 21.2. The van der Waals surface area contributed by atoms with Crippen LogP contribution in [0.1, 0.15) is 29.1 Å². The molecule has 3 aromatic rings. The number of aromatic nitrogens is 4. The van der Waals surface area contributed by atoms with E-state index in [1.54, 1.807) is 19.1 Å². The number of hydrogen-bond acceptors (Lipinski definition) is 7. The standard InChI is InChI=1S/C18H17Cl2N5O4S2/c1-10(22-17(26)11-6-13(20)8-14(7-11)31(3,28)29)16-23-18(30(2)27)24-25(16)15-5-4-12(19)9-21-15/h4-10H,1-3H3,(H,22,26). The summed E-state index contributed by atoms with van der Waals surface area (Å²) in [5.74, 6) is 0.0724. The Hall–Kier alpha value is -2.34. The van der Waals surface area contributed by atoms with E-state index in [2.05, 4.69) is 20.4 Å². The molecule has 0 aliphatic rings. The van der Waals surface area contributed by atoms with Crippen molar-refractivity contribution in [3.05, 3.63) is 58.0 Å². The number of nitrogens with zero attached hydrogens (tertiary/aromatic N) is 4. The van der Waals surface area contributed by atoms with Crippen molar-refractivity contribution in [3.8, 4) is 5.82 Å². The molecule has 0 fully saturated rings. The molecule has 1 N–H and O–H groups in total. The predicted molar refractivity (Wildman–Crippen MR) is 117 cm³/mol. The van der Waals surface area contributed by atoms with Gasteiger partial charge in [0.25, 0.3) is 5.91 Å². The lowest BCUT2D eigenvalue weighted by Crippen LogP contribution is -2.29. The van der Waals surface area contributed by atoms with E-state index in [1.165, 1.54) is 35.3 Å². The van der Waals surface area contributed by atoms with Crippen molar-refractivity contribution < 1.29 is 17.4 Å². The third-order valence-electron chi connectivity index (χ3n) is 4.10. The summed E-state index contributed by atoms with van der Waals surface area (Å²) in [6.45, 7) is 1.65. The molecule has 2 heterocycles. The molecule has 9 nitrogen and oxygen atoms in total. The van der Waals surface area contributed by atoms with Gasteiger partial charge >= 0.3 is 0 Å². The van der Waals surface area contributed by atoms with Crippen LogP contribution in [-0.4, -0.2) is 50.8 Å². The van der Waals surface area contributed by atoms with Gasteiger partial charge in [0.15, 0.2) is 21.5 Å². The Morgan fingerprint density at radius 1 is 1.19 bits per heavy atom. The number of carbonyl (C=O) groups is 1. The van der Waals surface area contributed by atoms with Crippen LogP contribution in [0.4, 0.5) is 0 Å². The van der Waals surface area contributed by atoms with Crippen LogP contribution in [0.3, 0.4) is 0 Å². The maximum atomic E-state index is 12.8. The summed E-state index contributed by atoms with van der Waals surface area (Å²) in [5.41, 5.74) is 0.0646. The Morgan fingerprint density at radius 3 is 2.48 bits per heavy atom. The van der Waals surface area contributed by atoms with Gasteiger partial charge in [0.2, 0.25) is 5.16 Å². The first-order valence-corrected chi connectivity index (χ1v) is 12.9. The van der Waals surface area contributed by atoms with Crippen molar-refractivity contribution in [1.29, 1.82) is 0 Å². The van der Waals surface area contributed by atoms with Crippen LogP contribution < -0.4 is 5.32 Å². The average Bonchev–Trinajstić information content (AvgIpc) is 3.13. The van der Waals surface area contributed by atoms with Crippen molar-refractivity contribution in [3.63, 3.8) is 0 Å². The fraction of sp³-hybridized carbons (Fsp3) is 0.222. The van der Waals surface area contributed by atoms with Crippen LogP contribution in [0, 0.1) is 0 Å². The first-order valence-electron chi connectivity index (χ1n) is 8.69. The third-order valence-corrected chi connectivity index (χ3v) is 6.32. The van der Waals surface area contributed by atoms with Crippen LogP contribution in [0.25, 0.3) is 5.82 Å². The number of halogens is 2. The number of nitrogens with one attached hydrogen (secondary N) is 1. The summed E-state index contributed by atoms with van der Waals surface area (Å²) in [6, 6.07) is 6.38. The lowest BCUT2D eigenvalue weighted by Gasteiger charge is -2.15. The van der Waals surface area contributed by atoms with Gasteiger partial charge in [-0.1, -0.05) is 23.2 Å². The molecule has 2 unspecified atom stereocenters. The van der Waals surface area contributed by atoms with Crippen molar-refractivity contribution >= 4 is 49.7 Å². The molecule has 2 aromatic heterocycles. The molecule has 3 rings (SSSR count). The van der Waals surface area contributed by atoms with E-state index < -0.39 is 32.6 Å². The molecule has 0 aliphatic heterocycles. The smallest absolute Gasteiger partial charge is 0.251 e. The molecule has 0 spiro atoms.